The SMILES string of the molecule is CCOP(C)(=O)C[C@H](c1cccc(OCc2ccc(-c3cc(O)ccc3F)c([C@@H](C)C(C)(C)C)c2)c1)C1CC1. The van der Waals surface area contributed by atoms with Gasteiger partial charge in [0.1, 0.15) is 23.9 Å². The Bertz CT molecular complexity index is 1340. The average molecular weight is 553 g/mol. The van der Waals surface area contributed by atoms with E-state index in [1.165, 1.54) is 18.2 Å². The van der Waals surface area contributed by atoms with E-state index >= 15 is 0 Å². The van der Waals surface area contributed by atoms with Crippen molar-refractivity contribution in [3.63, 3.8) is 0 Å². The summed E-state index contributed by atoms with van der Waals surface area (Å²) in [6, 6.07) is 18.3. The second-order valence-corrected chi connectivity index (χ2v) is 14.7. The Kier molecular flexibility index (Phi) is 8.93. The molecular formula is C33H42FO4P. The number of phenolic OH excluding ortho intramolecular Hbond substituents is 1. The van der Waals surface area contributed by atoms with Gasteiger partial charge in [0.15, 0.2) is 0 Å². The van der Waals surface area contributed by atoms with Crippen LogP contribution in [0, 0.1) is 17.2 Å². The number of phenols is 1. The summed E-state index contributed by atoms with van der Waals surface area (Å²) in [6.45, 7) is 13.1. The van der Waals surface area contributed by atoms with Crippen LogP contribution >= 0.6 is 7.37 Å². The molecule has 0 radical (unpaired) electrons. The molecule has 0 saturated heterocycles. The van der Waals surface area contributed by atoms with Gasteiger partial charge in [-0.15, -0.1) is 0 Å². The Morgan fingerprint density at radius 3 is 2.46 bits per heavy atom. The number of hydrogen-bond acceptors (Lipinski definition) is 4. The molecule has 3 atom stereocenters. The molecule has 0 aromatic heterocycles. The fraction of sp³-hybridized carbons (Fsp3) is 0.455. The summed E-state index contributed by atoms with van der Waals surface area (Å²) >= 11 is 0. The summed E-state index contributed by atoms with van der Waals surface area (Å²) < 4.78 is 39.6. The third kappa shape index (κ3) is 7.52. The van der Waals surface area contributed by atoms with Crippen molar-refractivity contribution in [2.24, 2.45) is 11.3 Å². The number of ether oxygens (including phenoxy) is 1. The Balaban J connectivity index is 1.58. The molecule has 1 saturated carbocycles. The van der Waals surface area contributed by atoms with Crippen LogP contribution in [0.2, 0.25) is 0 Å². The highest BCUT2D eigenvalue weighted by Crippen LogP contribution is 2.53. The number of aromatic hydroxyl groups is 1. The number of halogens is 1. The molecule has 1 aliphatic rings. The maximum absolute atomic E-state index is 14.8. The van der Waals surface area contributed by atoms with E-state index in [2.05, 4.69) is 45.9 Å². The van der Waals surface area contributed by atoms with Gasteiger partial charge in [0.2, 0.25) is 7.37 Å². The highest BCUT2D eigenvalue weighted by molar-refractivity contribution is 7.58. The van der Waals surface area contributed by atoms with E-state index in [-0.39, 0.29) is 28.8 Å². The molecule has 4 rings (SSSR count). The number of benzene rings is 3. The van der Waals surface area contributed by atoms with Crippen molar-refractivity contribution in [3.8, 4) is 22.6 Å². The standard InChI is InChI=1S/C33H42FO4P/c1-7-38-39(6,36)21-31(24-12-13-24)25-9-8-10-27(18-25)37-20-23-11-15-28(29(17-23)22(2)33(3,4)5)30-19-26(35)14-16-32(30)34/h8-11,14-19,22,24,31,35H,7,12-13,20-21H2,1-6H3/t22-,31+,39?/m1/s1. The molecule has 1 fully saturated rings. The van der Waals surface area contributed by atoms with Crippen LogP contribution in [0.25, 0.3) is 11.1 Å². The summed E-state index contributed by atoms with van der Waals surface area (Å²) in [5.74, 6) is 1.33. The molecule has 1 aliphatic carbocycles. The van der Waals surface area contributed by atoms with Crippen LogP contribution in [0.4, 0.5) is 4.39 Å². The molecular weight excluding hydrogens is 510 g/mol. The second kappa shape index (κ2) is 11.9. The van der Waals surface area contributed by atoms with E-state index < -0.39 is 7.37 Å². The van der Waals surface area contributed by atoms with E-state index in [9.17, 15) is 14.1 Å². The van der Waals surface area contributed by atoms with Crippen LogP contribution in [0.3, 0.4) is 0 Å². The van der Waals surface area contributed by atoms with Gasteiger partial charge in [-0.1, -0.05) is 58.0 Å². The normalized spacial score (nSPS) is 16.9. The van der Waals surface area contributed by atoms with E-state index in [0.29, 0.717) is 30.9 Å². The van der Waals surface area contributed by atoms with Crippen LogP contribution in [0.15, 0.2) is 60.7 Å². The van der Waals surface area contributed by atoms with Crippen LogP contribution in [-0.4, -0.2) is 24.5 Å². The maximum Gasteiger partial charge on any atom is 0.200 e. The Morgan fingerprint density at radius 2 is 1.79 bits per heavy atom. The molecule has 0 aliphatic heterocycles. The van der Waals surface area contributed by atoms with Crippen molar-refractivity contribution in [3.05, 3.63) is 83.2 Å². The molecule has 3 aromatic rings. The van der Waals surface area contributed by atoms with Gasteiger partial charge in [-0.05, 0) is 95.5 Å². The first-order valence-corrected chi connectivity index (χ1v) is 16.2. The zero-order valence-electron chi connectivity index (χ0n) is 24.0. The lowest BCUT2D eigenvalue weighted by Crippen LogP contribution is -2.16. The smallest absolute Gasteiger partial charge is 0.200 e. The van der Waals surface area contributed by atoms with Crippen LogP contribution < -0.4 is 4.74 Å². The van der Waals surface area contributed by atoms with Crippen molar-refractivity contribution in [1.29, 1.82) is 0 Å². The molecule has 210 valence electrons. The summed E-state index contributed by atoms with van der Waals surface area (Å²) in [6.07, 6.45) is 2.86. The van der Waals surface area contributed by atoms with Gasteiger partial charge in [0.05, 0.1) is 6.61 Å². The third-order valence-corrected chi connectivity index (χ3v) is 9.80. The minimum absolute atomic E-state index is 0.0400. The molecule has 0 amide bonds. The third-order valence-electron chi connectivity index (χ3n) is 7.93. The zero-order chi connectivity index (χ0) is 28.4. The first-order valence-electron chi connectivity index (χ1n) is 13.9. The lowest BCUT2D eigenvalue weighted by Gasteiger charge is -2.30. The molecule has 0 heterocycles. The molecule has 0 spiro atoms. The van der Waals surface area contributed by atoms with Crippen LogP contribution in [0.5, 0.6) is 11.5 Å². The molecule has 1 N–H and O–H groups in total. The summed E-state index contributed by atoms with van der Waals surface area (Å²) in [7, 11) is -2.66. The number of hydrogen-bond donors (Lipinski definition) is 1. The summed E-state index contributed by atoms with van der Waals surface area (Å²) in [4.78, 5) is 0. The predicted molar refractivity (Wildman–Crippen MR) is 158 cm³/mol. The topological polar surface area (TPSA) is 55.8 Å². The van der Waals surface area contributed by atoms with Gasteiger partial charge in [0.25, 0.3) is 0 Å². The lowest BCUT2D eigenvalue weighted by atomic mass is 9.75. The second-order valence-electron chi connectivity index (χ2n) is 12.1. The molecule has 1 unspecified atom stereocenters. The fourth-order valence-electron chi connectivity index (χ4n) is 5.20. The van der Waals surface area contributed by atoms with Crippen molar-refractivity contribution >= 4 is 7.37 Å². The molecule has 6 heteroatoms. The van der Waals surface area contributed by atoms with Crippen molar-refractivity contribution in [2.45, 2.75) is 65.9 Å². The Labute approximate surface area is 233 Å². The minimum atomic E-state index is -2.66. The molecule has 39 heavy (non-hydrogen) atoms. The Hall–Kier alpha value is -2.62. The van der Waals surface area contributed by atoms with Crippen LogP contribution in [-0.2, 0) is 15.7 Å². The van der Waals surface area contributed by atoms with Gasteiger partial charge >= 0.3 is 0 Å². The summed E-state index contributed by atoms with van der Waals surface area (Å²) in [5.41, 5.74) is 4.28. The molecule has 3 aromatic carbocycles. The fourth-order valence-corrected chi connectivity index (χ4v) is 7.08. The van der Waals surface area contributed by atoms with Crippen molar-refractivity contribution in [2.75, 3.05) is 19.4 Å². The average Bonchev–Trinajstić information content (AvgIpc) is 3.72. The highest BCUT2D eigenvalue weighted by atomic mass is 31.2. The summed E-state index contributed by atoms with van der Waals surface area (Å²) in [5, 5.41) is 10.0. The van der Waals surface area contributed by atoms with Crippen LogP contribution in [0.1, 0.15) is 76.0 Å². The van der Waals surface area contributed by atoms with Crippen molar-refractivity contribution in [1.82, 2.24) is 0 Å². The van der Waals surface area contributed by atoms with E-state index in [4.69, 9.17) is 9.26 Å². The largest absolute Gasteiger partial charge is 0.508 e. The first-order chi connectivity index (χ1) is 18.4. The van der Waals surface area contributed by atoms with Gasteiger partial charge in [0, 0.05) is 18.4 Å². The van der Waals surface area contributed by atoms with Gasteiger partial charge in [-0.2, -0.15) is 0 Å². The van der Waals surface area contributed by atoms with Gasteiger partial charge in [-0.25, -0.2) is 4.39 Å². The van der Waals surface area contributed by atoms with Gasteiger partial charge < -0.3 is 14.4 Å². The first kappa shape index (κ1) is 29.4. The Morgan fingerprint density at radius 1 is 1.05 bits per heavy atom. The number of rotatable bonds is 11. The highest BCUT2D eigenvalue weighted by Gasteiger charge is 2.36. The van der Waals surface area contributed by atoms with E-state index in [1.54, 1.807) is 6.66 Å². The molecule has 4 nitrogen and oxygen atoms in total. The van der Waals surface area contributed by atoms with Crippen molar-refractivity contribution < 1.29 is 23.3 Å². The quantitative estimate of drug-likeness (QED) is 0.241. The van der Waals surface area contributed by atoms with E-state index in [0.717, 1.165) is 40.8 Å². The minimum Gasteiger partial charge on any atom is -0.508 e. The van der Waals surface area contributed by atoms with E-state index in [1.807, 2.05) is 31.2 Å². The lowest BCUT2D eigenvalue weighted by molar-refractivity contribution is 0.304. The molecule has 0 bridgehead atoms. The monoisotopic (exact) mass is 552 g/mol. The maximum atomic E-state index is 14.8. The predicted octanol–water partition coefficient (Wildman–Crippen LogP) is 9.36. The zero-order valence-corrected chi connectivity index (χ0v) is 24.9. The van der Waals surface area contributed by atoms with Gasteiger partial charge in [-0.3, -0.25) is 4.57 Å².